The molecular weight excluding hydrogens is 522 g/mol. The molecule has 0 saturated carbocycles. The first-order valence-corrected chi connectivity index (χ1v) is 11.1. The van der Waals surface area contributed by atoms with E-state index < -0.39 is 0 Å². The first-order valence-electron chi connectivity index (χ1n) is 11.1. The van der Waals surface area contributed by atoms with Crippen LogP contribution in [0.4, 0.5) is 15.9 Å². The SMILES string of the molecule is CCNC(=NCc1ccccc1N1CCOCC1)NC1CCN(c2ncccc2F)C1.I. The lowest BCUT2D eigenvalue weighted by atomic mass is 10.1. The highest BCUT2D eigenvalue weighted by atomic mass is 127. The van der Waals surface area contributed by atoms with Crippen LogP contribution in [0.25, 0.3) is 0 Å². The molecule has 7 nitrogen and oxygen atoms in total. The first-order chi connectivity index (χ1) is 15.2. The number of pyridine rings is 1. The van der Waals surface area contributed by atoms with Crippen molar-refractivity contribution in [1.82, 2.24) is 15.6 Å². The van der Waals surface area contributed by atoms with Gasteiger partial charge in [-0.25, -0.2) is 14.4 Å². The van der Waals surface area contributed by atoms with Crippen molar-refractivity contribution in [2.45, 2.75) is 25.9 Å². The van der Waals surface area contributed by atoms with Gasteiger partial charge in [0.25, 0.3) is 0 Å². The quantitative estimate of drug-likeness (QED) is 0.326. The molecule has 1 aromatic carbocycles. The number of hydrogen-bond acceptors (Lipinski definition) is 5. The second-order valence-corrected chi connectivity index (χ2v) is 7.81. The zero-order valence-corrected chi connectivity index (χ0v) is 20.8. The molecule has 9 heteroatoms. The first kappa shape index (κ1) is 24.5. The van der Waals surface area contributed by atoms with E-state index in [1.54, 1.807) is 12.3 Å². The molecule has 0 spiro atoms. The normalized spacial score (nSPS) is 18.9. The maximum atomic E-state index is 14.1. The standard InChI is InChI=1S/C23H31FN6O.HI/c1-2-25-23(28-19-9-11-30(17-19)22-20(24)7-5-10-26-22)27-16-18-6-3-4-8-21(18)29-12-14-31-15-13-29;/h3-8,10,19H,2,9,11-17H2,1H3,(H2,25,27,28);1H. The van der Waals surface area contributed by atoms with E-state index in [0.29, 0.717) is 18.9 Å². The van der Waals surface area contributed by atoms with Crippen molar-refractivity contribution >= 4 is 41.4 Å². The van der Waals surface area contributed by atoms with Crippen LogP contribution in [0, 0.1) is 5.82 Å². The summed E-state index contributed by atoms with van der Waals surface area (Å²) in [6.07, 6.45) is 2.54. The van der Waals surface area contributed by atoms with E-state index in [1.807, 2.05) is 4.90 Å². The Morgan fingerprint density at radius 1 is 1.16 bits per heavy atom. The summed E-state index contributed by atoms with van der Waals surface area (Å²) < 4.78 is 19.6. The van der Waals surface area contributed by atoms with Crippen LogP contribution in [0.5, 0.6) is 0 Å². The van der Waals surface area contributed by atoms with Gasteiger partial charge in [0.1, 0.15) is 0 Å². The maximum absolute atomic E-state index is 14.1. The fourth-order valence-corrected chi connectivity index (χ4v) is 4.12. The molecule has 2 aliphatic rings. The van der Waals surface area contributed by atoms with Gasteiger partial charge in [0, 0.05) is 50.6 Å². The Labute approximate surface area is 206 Å². The summed E-state index contributed by atoms with van der Waals surface area (Å²) in [5.74, 6) is 0.934. The average Bonchev–Trinajstić information content (AvgIpc) is 3.27. The van der Waals surface area contributed by atoms with Gasteiger partial charge in [-0.05, 0) is 37.1 Å². The molecule has 0 amide bonds. The zero-order chi connectivity index (χ0) is 21.5. The lowest BCUT2D eigenvalue weighted by Crippen LogP contribution is -2.44. The Morgan fingerprint density at radius 3 is 2.75 bits per heavy atom. The summed E-state index contributed by atoms with van der Waals surface area (Å²) in [6, 6.07) is 11.7. The molecule has 2 aliphatic heterocycles. The lowest BCUT2D eigenvalue weighted by Gasteiger charge is -2.30. The predicted octanol–water partition coefficient (Wildman–Crippen LogP) is 3.01. The predicted molar refractivity (Wildman–Crippen MR) is 138 cm³/mol. The van der Waals surface area contributed by atoms with Crippen LogP contribution in [-0.4, -0.2) is 62.9 Å². The van der Waals surface area contributed by atoms with Crippen LogP contribution in [0.1, 0.15) is 18.9 Å². The fraction of sp³-hybridized carbons (Fsp3) is 0.478. The van der Waals surface area contributed by atoms with Crippen LogP contribution in [-0.2, 0) is 11.3 Å². The van der Waals surface area contributed by atoms with E-state index in [9.17, 15) is 4.39 Å². The van der Waals surface area contributed by atoms with Gasteiger partial charge in [0.15, 0.2) is 17.6 Å². The number of rotatable bonds is 6. The Kier molecular flexibility index (Phi) is 9.34. The Bertz CT molecular complexity index is 892. The molecule has 3 heterocycles. The fourth-order valence-electron chi connectivity index (χ4n) is 4.12. The molecule has 1 aromatic heterocycles. The summed E-state index contributed by atoms with van der Waals surface area (Å²) in [7, 11) is 0. The average molecular weight is 554 g/mol. The second kappa shape index (κ2) is 12.2. The monoisotopic (exact) mass is 554 g/mol. The van der Waals surface area contributed by atoms with Gasteiger partial charge >= 0.3 is 0 Å². The molecular formula is C23H32FIN6O. The van der Waals surface area contributed by atoms with Crippen LogP contribution in [0.3, 0.4) is 0 Å². The van der Waals surface area contributed by atoms with Crippen LogP contribution in [0.2, 0.25) is 0 Å². The summed E-state index contributed by atoms with van der Waals surface area (Å²) in [5.41, 5.74) is 2.42. The van der Waals surface area contributed by atoms with E-state index in [2.05, 4.69) is 51.7 Å². The largest absolute Gasteiger partial charge is 0.378 e. The van der Waals surface area contributed by atoms with Crippen molar-refractivity contribution in [3.63, 3.8) is 0 Å². The van der Waals surface area contributed by atoms with Gasteiger partial charge in [0.2, 0.25) is 0 Å². The van der Waals surface area contributed by atoms with E-state index in [0.717, 1.165) is 51.8 Å². The number of halogens is 2. The highest BCUT2D eigenvalue weighted by molar-refractivity contribution is 14.0. The summed E-state index contributed by atoms with van der Waals surface area (Å²) in [5, 5.41) is 6.86. The number of morpholine rings is 1. The highest BCUT2D eigenvalue weighted by Crippen LogP contribution is 2.23. The van der Waals surface area contributed by atoms with Crippen LogP contribution < -0.4 is 20.4 Å². The van der Waals surface area contributed by atoms with Gasteiger partial charge in [-0.3, -0.25) is 0 Å². The van der Waals surface area contributed by atoms with E-state index in [-0.39, 0.29) is 35.8 Å². The molecule has 2 N–H and O–H groups in total. The van der Waals surface area contributed by atoms with Gasteiger partial charge < -0.3 is 25.2 Å². The number of benzene rings is 1. The number of para-hydroxylation sites is 1. The second-order valence-electron chi connectivity index (χ2n) is 7.81. The van der Waals surface area contributed by atoms with Crippen LogP contribution >= 0.6 is 24.0 Å². The number of anilines is 2. The third-order valence-corrected chi connectivity index (χ3v) is 5.66. The molecule has 1 atom stereocenters. The van der Waals surface area contributed by atoms with Gasteiger partial charge in [-0.2, -0.15) is 0 Å². The van der Waals surface area contributed by atoms with Crippen molar-refractivity contribution in [3.8, 4) is 0 Å². The number of hydrogen-bond donors (Lipinski definition) is 2. The van der Waals surface area contributed by atoms with E-state index in [1.165, 1.54) is 17.3 Å². The van der Waals surface area contributed by atoms with Gasteiger partial charge in [0.05, 0.1) is 19.8 Å². The zero-order valence-electron chi connectivity index (χ0n) is 18.5. The Hall–Kier alpha value is -2.14. The topological polar surface area (TPSA) is 65.0 Å². The smallest absolute Gasteiger partial charge is 0.191 e. The van der Waals surface area contributed by atoms with Gasteiger partial charge in [-0.1, -0.05) is 18.2 Å². The molecule has 2 saturated heterocycles. The van der Waals surface area contributed by atoms with E-state index in [4.69, 9.17) is 9.73 Å². The minimum atomic E-state index is -0.275. The van der Waals surface area contributed by atoms with E-state index >= 15 is 0 Å². The third-order valence-electron chi connectivity index (χ3n) is 5.66. The number of aliphatic imine (C=N–C) groups is 1. The number of aromatic nitrogens is 1. The minimum absolute atomic E-state index is 0. The third kappa shape index (κ3) is 6.22. The van der Waals surface area contributed by atoms with Crippen molar-refractivity contribution in [1.29, 1.82) is 0 Å². The van der Waals surface area contributed by atoms with Crippen molar-refractivity contribution in [2.75, 3.05) is 55.7 Å². The molecule has 4 rings (SSSR count). The summed E-state index contributed by atoms with van der Waals surface area (Å²) >= 11 is 0. The maximum Gasteiger partial charge on any atom is 0.191 e. The Morgan fingerprint density at radius 2 is 1.97 bits per heavy atom. The number of nitrogens with one attached hydrogen (secondary N) is 2. The molecule has 2 fully saturated rings. The Balaban J connectivity index is 0.00000289. The van der Waals surface area contributed by atoms with Crippen molar-refractivity contribution in [3.05, 3.63) is 54.0 Å². The van der Waals surface area contributed by atoms with Crippen molar-refractivity contribution in [2.24, 2.45) is 4.99 Å². The molecule has 2 aromatic rings. The number of ether oxygens (including phenoxy) is 1. The molecule has 0 aliphatic carbocycles. The van der Waals surface area contributed by atoms with Crippen LogP contribution in [0.15, 0.2) is 47.6 Å². The molecule has 174 valence electrons. The number of guanidine groups is 1. The number of nitrogens with zero attached hydrogens (tertiary/aromatic N) is 4. The minimum Gasteiger partial charge on any atom is -0.378 e. The molecule has 0 radical (unpaired) electrons. The molecule has 1 unspecified atom stereocenters. The van der Waals surface area contributed by atoms with Crippen molar-refractivity contribution < 1.29 is 9.13 Å². The lowest BCUT2D eigenvalue weighted by molar-refractivity contribution is 0.122. The molecule has 0 bridgehead atoms. The summed E-state index contributed by atoms with van der Waals surface area (Å²) in [4.78, 5) is 13.4. The summed E-state index contributed by atoms with van der Waals surface area (Å²) in [6.45, 7) is 8.23. The highest BCUT2D eigenvalue weighted by Gasteiger charge is 2.26. The molecule has 32 heavy (non-hydrogen) atoms. The van der Waals surface area contributed by atoms with Gasteiger partial charge in [-0.15, -0.1) is 24.0 Å².